The highest BCUT2D eigenvalue weighted by Gasteiger charge is 2.29. The summed E-state index contributed by atoms with van der Waals surface area (Å²) in [6, 6.07) is 18.5. The van der Waals surface area contributed by atoms with E-state index in [4.69, 9.17) is 4.74 Å². The molecule has 0 bridgehead atoms. The van der Waals surface area contributed by atoms with Crippen LogP contribution < -0.4 is 0 Å². The highest BCUT2D eigenvalue weighted by Crippen LogP contribution is 2.29. The zero-order chi connectivity index (χ0) is 19.5. The summed E-state index contributed by atoms with van der Waals surface area (Å²) in [6.07, 6.45) is 1.57. The maximum absolute atomic E-state index is 13.4. The fourth-order valence-corrected chi connectivity index (χ4v) is 3.92. The standard InChI is InChI=1S/C23H19NO3S/c1-2-15-10-6-11-17-18(14-24-20(15)17)21(25)22(16-8-4-3-5-9-16)27-23(26)19-12-7-13-28-19/h3-14,22,24H,2H2,1H3/t22-/m0/s1. The first-order valence-corrected chi connectivity index (χ1v) is 9.99. The third-order valence-corrected chi connectivity index (χ3v) is 5.59. The minimum atomic E-state index is -1.000. The number of esters is 1. The molecule has 2 heterocycles. The molecule has 0 aliphatic carbocycles. The van der Waals surface area contributed by atoms with Crippen molar-refractivity contribution in [2.75, 3.05) is 0 Å². The normalized spacial score (nSPS) is 12.0. The van der Waals surface area contributed by atoms with E-state index in [-0.39, 0.29) is 5.78 Å². The summed E-state index contributed by atoms with van der Waals surface area (Å²) in [5.41, 5.74) is 3.27. The van der Waals surface area contributed by atoms with Gasteiger partial charge in [0.05, 0.1) is 0 Å². The molecule has 0 fully saturated rings. The average Bonchev–Trinajstić information content (AvgIpc) is 3.42. The number of H-pyrrole nitrogens is 1. The molecule has 0 aliphatic heterocycles. The number of benzene rings is 2. The van der Waals surface area contributed by atoms with Crippen LogP contribution in [0.25, 0.3) is 10.9 Å². The molecule has 5 heteroatoms. The number of ketones is 1. The molecule has 0 saturated carbocycles. The molecule has 28 heavy (non-hydrogen) atoms. The number of Topliss-reactive ketones (excluding diaryl/α,β-unsaturated/α-hetero) is 1. The Kier molecular flexibility index (Phi) is 5.08. The van der Waals surface area contributed by atoms with Crippen molar-refractivity contribution in [3.05, 3.63) is 93.8 Å². The first-order valence-electron chi connectivity index (χ1n) is 9.11. The minimum absolute atomic E-state index is 0.240. The Morgan fingerprint density at radius 3 is 2.57 bits per heavy atom. The van der Waals surface area contributed by atoms with Gasteiger partial charge in [0.25, 0.3) is 0 Å². The summed E-state index contributed by atoms with van der Waals surface area (Å²) in [7, 11) is 0. The number of thiophene rings is 1. The van der Waals surface area contributed by atoms with Gasteiger partial charge in [-0.25, -0.2) is 4.79 Å². The number of hydrogen-bond donors (Lipinski definition) is 1. The quantitative estimate of drug-likeness (QED) is 0.346. The third kappa shape index (κ3) is 3.37. The van der Waals surface area contributed by atoms with E-state index in [1.54, 1.807) is 30.5 Å². The fourth-order valence-electron chi connectivity index (χ4n) is 3.32. The number of hydrogen-bond acceptors (Lipinski definition) is 4. The van der Waals surface area contributed by atoms with Crippen LogP contribution in [0.4, 0.5) is 0 Å². The van der Waals surface area contributed by atoms with Crippen molar-refractivity contribution in [3.8, 4) is 0 Å². The van der Waals surface area contributed by atoms with Crippen LogP contribution in [0.3, 0.4) is 0 Å². The van der Waals surface area contributed by atoms with Crippen LogP contribution in [0.1, 0.15) is 44.2 Å². The number of aromatic nitrogens is 1. The van der Waals surface area contributed by atoms with E-state index in [0.29, 0.717) is 16.0 Å². The van der Waals surface area contributed by atoms with Crippen molar-refractivity contribution in [2.24, 2.45) is 0 Å². The van der Waals surface area contributed by atoms with Crippen LogP contribution in [-0.4, -0.2) is 16.7 Å². The largest absolute Gasteiger partial charge is 0.445 e. The topological polar surface area (TPSA) is 59.2 Å². The molecule has 0 unspecified atom stereocenters. The van der Waals surface area contributed by atoms with E-state index in [1.165, 1.54) is 11.3 Å². The highest BCUT2D eigenvalue weighted by molar-refractivity contribution is 7.11. The summed E-state index contributed by atoms with van der Waals surface area (Å²) in [4.78, 5) is 29.7. The molecule has 2 aromatic heterocycles. The fraction of sp³-hybridized carbons (Fsp3) is 0.130. The molecule has 4 aromatic rings. The van der Waals surface area contributed by atoms with Gasteiger partial charge in [0.15, 0.2) is 6.10 Å². The second-order valence-electron chi connectivity index (χ2n) is 6.43. The number of aryl methyl sites for hydroxylation is 1. The molecule has 0 amide bonds. The number of aromatic amines is 1. The third-order valence-electron chi connectivity index (χ3n) is 4.74. The summed E-state index contributed by atoms with van der Waals surface area (Å²) >= 11 is 1.29. The molecular weight excluding hydrogens is 370 g/mol. The Labute approximate surface area is 166 Å². The van der Waals surface area contributed by atoms with E-state index in [0.717, 1.165) is 22.9 Å². The Morgan fingerprint density at radius 1 is 1.04 bits per heavy atom. The van der Waals surface area contributed by atoms with Crippen molar-refractivity contribution in [1.82, 2.24) is 4.98 Å². The lowest BCUT2D eigenvalue weighted by molar-refractivity contribution is 0.0285. The van der Waals surface area contributed by atoms with Gasteiger partial charge < -0.3 is 9.72 Å². The Balaban J connectivity index is 1.74. The molecule has 0 aliphatic rings. The van der Waals surface area contributed by atoms with Crippen LogP contribution in [0, 0.1) is 0 Å². The smallest absolute Gasteiger partial charge is 0.349 e. The molecule has 4 rings (SSSR count). The molecule has 2 aromatic carbocycles. The lowest BCUT2D eigenvalue weighted by atomic mass is 9.98. The van der Waals surface area contributed by atoms with Gasteiger partial charge in [-0.05, 0) is 23.4 Å². The van der Waals surface area contributed by atoms with Gasteiger partial charge in [0, 0.05) is 28.2 Å². The van der Waals surface area contributed by atoms with Crippen LogP contribution >= 0.6 is 11.3 Å². The Bertz CT molecular complexity index is 1110. The van der Waals surface area contributed by atoms with E-state index in [1.807, 2.05) is 41.8 Å². The minimum Gasteiger partial charge on any atom is -0.445 e. The van der Waals surface area contributed by atoms with Crippen molar-refractivity contribution >= 4 is 34.0 Å². The Morgan fingerprint density at radius 2 is 1.86 bits per heavy atom. The lowest BCUT2D eigenvalue weighted by Gasteiger charge is -2.17. The second kappa shape index (κ2) is 7.82. The number of fused-ring (bicyclic) bond motifs is 1. The number of ether oxygens (including phenoxy) is 1. The summed E-state index contributed by atoms with van der Waals surface area (Å²) in [5, 5.41) is 2.65. The monoisotopic (exact) mass is 389 g/mol. The van der Waals surface area contributed by atoms with Crippen LogP contribution in [0.5, 0.6) is 0 Å². The van der Waals surface area contributed by atoms with Gasteiger partial charge in [-0.2, -0.15) is 0 Å². The van der Waals surface area contributed by atoms with Crippen LogP contribution in [0.15, 0.2) is 72.2 Å². The predicted octanol–water partition coefficient (Wildman–Crippen LogP) is 5.57. The molecule has 1 N–H and O–H groups in total. The van der Waals surface area contributed by atoms with Crippen molar-refractivity contribution < 1.29 is 14.3 Å². The van der Waals surface area contributed by atoms with Gasteiger partial charge in [-0.15, -0.1) is 11.3 Å². The van der Waals surface area contributed by atoms with Crippen molar-refractivity contribution in [2.45, 2.75) is 19.4 Å². The van der Waals surface area contributed by atoms with Crippen molar-refractivity contribution in [1.29, 1.82) is 0 Å². The maximum Gasteiger partial charge on any atom is 0.349 e. The van der Waals surface area contributed by atoms with E-state index in [9.17, 15) is 9.59 Å². The molecular formula is C23H19NO3S. The summed E-state index contributed by atoms with van der Waals surface area (Å²) in [6.45, 7) is 2.08. The SMILES string of the molecule is CCc1cccc2c(C(=O)[C@@H](OC(=O)c3cccs3)c3ccccc3)c[nH]c12. The number of nitrogens with one attached hydrogen (secondary N) is 1. The van der Waals surface area contributed by atoms with E-state index in [2.05, 4.69) is 11.9 Å². The summed E-state index contributed by atoms with van der Waals surface area (Å²) in [5.74, 6) is -0.734. The predicted molar refractivity (Wildman–Crippen MR) is 111 cm³/mol. The lowest BCUT2D eigenvalue weighted by Crippen LogP contribution is -2.19. The zero-order valence-corrected chi connectivity index (χ0v) is 16.2. The molecule has 140 valence electrons. The van der Waals surface area contributed by atoms with Gasteiger partial charge >= 0.3 is 5.97 Å². The molecule has 4 nitrogen and oxygen atoms in total. The number of rotatable bonds is 6. The maximum atomic E-state index is 13.4. The second-order valence-corrected chi connectivity index (χ2v) is 7.38. The average molecular weight is 389 g/mol. The first-order chi connectivity index (χ1) is 13.7. The van der Waals surface area contributed by atoms with Crippen LogP contribution in [0.2, 0.25) is 0 Å². The highest BCUT2D eigenvalue weighted by atomic mass is 32.1. The molecule has 0 spiro atoms. The Hall–Kier alpha value is -3.18. The van der Waals surface area contributed by atoms with Gasteiger partial charge in [0.2, 0.25) is 5.78 Å². The number of carbonyl (C=O) groups excluding carboxylic acids is 2. The number of carbonyl (C=O) groups is 2. The molecule has 0 radical (unpaired) electrons. The summed E-state index contributed by atoms with van der Waals surface area (Å²) < 4.78 is 5.68. The first kappa shape index (κ1) is 18.2. The van der Waals surface area contributed by atoms with Gasteiger partial charge in [-0.1, -0.05) is 61.5 Å². The van der Waals surface area contributed by atoms with Crippen LogP contribution in [-0.2, 0) is 11.2 Å². The molecule has 0 saturated heterocycles. The number of para-hydroxylation sites is 1. The van der Waals surface area contributed by atoms with E-state index >= 15 is 0 Å². The van der Waals surface area contributed by atoms with E-state index < -0.39 is 12.1 Å². The molecule has 1 atom stereocenters. The zero-order valence-electron chi connectivity index (χ0n) is 15.3. The van der Waals surface area contributed by atoms with Gasteiger partial charge in [-0.3, -0.25) is 4.79 Å². The van der Waals surface area contributed by atoms with Crippen molar-refractivity contribution in [3.63, 3.8) is 0 Å². The van der Waals surface area contributed by atoms with Gasteiger partial charge in [0.1, 0.15) is 4.88 Å².